The second-order valence-electron chi connectivity index (χ2n) is 7.49. The molecule has 0 spiro atoms. The molecule has 1 saturated carbocycles. The van der Waals surface area contributed by atoms with Gasteiger partial charge < -0.3 is 10.2 Å². The summed E-state index contributed by atoms with van der Waals surface area (Å²) in [5, 5.41) is 11.4. The number of nitrogens with one attached hydrogen (secondary N) is 1. The van der Waals surface area contributed by atoms with Crippen LogP contribution < -0.4 is 5.32 Å². The van der Waals surface area contributed by atoms with E-state index in [1.54, 1.807) is 0 Å². The first-order valence-corrected chi connectivity index (χ1v) is 9.07. The summed E-state index contributed by atoms with van der Waals surface area (Å²) in [6.07, 6.45) is 8.73. The van der Waals surface area contributed by atoms with Crippen LogP contribution >= 0.6 is 0 Å². The van der Waals surface area contributed by atoms with Crippen LogP contribution in [0.5, 0.6) is 0 Å². The molecule has 0 radical (unpaired) electrons. The van der Waals surface area contributed by atoms with Crippen molar-refractivity contribution in [1.29, 1.82) is 0 Å². The van der Waals surface area contributed by atoms with E-state index < -0.39 is 0 Å². The van der Waals surface area contributed by atoms with Crippen LogP contribution in [0.2, 0.25) is 0 Å². The van der Waals surface area contributed by atoms with Crippen molar-refractivity contribution in [1.82, 2.24) is 25.2 Å². The van der Waals surface area contributed by atoms with Crippen molar-refractivity contribution in [3.63, 3.8) is 0 Å². The van der Waals surface area contributed by atoms with Crippen LogP contribution in [0.1, 0.15) is 68.9 Å². The average molecular weight is 319 g/mol. The first-order valence-electron chi connectivity index (χ1n) is 9.07. The summed E-state index contributed by atoms with van der Waals surface area (Å²) >= 11 is 0. The fraction of sp³-hybridized carbons (Fsp3) is 0.824. The summed E-state index contributed by atoms with van der Waals surface area (Å²) in [5.74, 6) is 0.607. The van der Waals surface area contributed by atoms with Crippen LogP contribution in [0.25, 0.3) is 0 Å². The van der Waals surface area contributed by atoms with E-state index >= 15 is 0 Å². The Kier molecular flexibility index (Phi) is 5.30. The highest BCUT2D eigenvalue weighted by Gasteiger charge is 2.24. The lowest BCUT2D eigenvalue weighted by Crippen LogP contribution is -2.38. The topological polar surface area (TPSA) is 63.1 Å². The highest BCUT2D eigenvalue weighted by atomic mass is 16.2. The molecule has 1 aliphatic carbocycles. The van der Waals surface area contributed by atoms with Crippen molar-refractivity contribution in [2.24, 2.45) is 5.92 Å². The van der Waals surface area contributed by atoms with Crippen LogP contribution in [0.15, 0.2) is 6.20 Å². The molecule has 23 heavy (non-hydrogen) atoms. The first kappa shape index (κ1) is 16.4. The molecule has 1 atom stereocenters. The Hall–Kier alpha value is -1.43. The molecule has 1 aliphatic heterocycles. The van der Waals surface area contributed by atoms with Gasteiger partial charge in [0.05, 0.1) is 12.2 Å². The number of carbonyl (C=O) groups is 1. The lowest BCUT2D eigenvalue weighted by molar-refractivity contribution is 0.0932. The summed E-state index contributed by atoms with van der Waals surface area (Å²) in [6, 6.07) is 0.659. The van der Waals surface area contributed by atoms with Gasteiger partial charge >= 0.3 is 0 Å². The van der Waals surface area contributed by atoms with Gasteiger partial charge in [0.2, 0.25) is 0 Å². The first-order chi connectivity index (χ1) is 11.1. The zero-order valence-corrected chi connectivity index (χ0v) is 14.4. The molecule has 0 bridgehead atoms. The maximum atomic E-state index is 12.3. The van der Waals surface area contributed by atoms with Crippen LogP contribution in [0.3, 0.4) is 0 Å². The Bertz CT molecular complexity index is 521. The van der Waals surface area contributed by atoms with E-state index in [0.717, 1.165) is 32.4 Å². The number of carbonyl (C=O) groups excluding carboxylic acids is 1. The van der Waals surface area contributed by atoms with E-state index in [4.69, 9.17) is 0 Å². The molecule has 1 saturated heterocycles. The van der Waals surface area contributed by atoms with Crippen molar-refractivity contribution in [2.75, 3.05) is 19.6 Å². The van der Waals surface area contributed by atoms with E-state index in [-0.39, 0.29) is 5.91 Å². The number of amides is 1. The molecule has 1 aromatic rings. The molecule has 128 valence electrons. The Morgan fingerprint density at radius 2 is 2.09 bits per heavy atom. The molecule has 0 aromatic carbocycles. The molecule has 3 rings (SSSR count). The molecule has 1 unspecified atom stereocenters. The quantitative estimate of drug-likeness (QED) is 0.904. The molecule has 1 amide bonds. The summed E-state index contributed by atoms with van der Waals surface area (Å²) < 4.78 is 1.90. The third-order valence-electron chi connectivity index (χ3n) is 4.91. The van der Waals surface area contributed by atoms with E-state index in [1.165, 1.54) is 25.8 Å². The van der Waals surface area contributed by atoms with Crippen molar-refractivity contribution < 1.29 is 4.79 Å². The van der Waals surface area contributed by atoms with Gasteiger partial charge in [-0.25, -0.2) is 4.68 Å². The number of likely N-dealkylation sites (tertiary alicyclic amines) is 1. The smallest absolute Gasteiger partial charge is 0.273 e. The molecule has 2 heterocycles. The lowest BCUT2D eigenvalue weighted by atomic mass is 10.0. The van der Waals surface area contributed by atoms with Gasteiger partial charge in [0.25, 0.3) is 5.91 Å². The normalized spacial score (nSPS) is 23.5. The molecule has 2 fully saturated rings. The number of hydrogen-bond donors (Lipinski definition) is 1. The Balaban J connectivity index is 1.58. The summed E-state index contributed by atoms with van der Waals surface area (Å²) in [7, 11) is 0. The predicted molar refractivity (Wildman–Crippen MR) is 89.3 cm³/mol. The minimum atomic E-state index is -0.0713. The molecule has 1 N–H and O–H groups in total. The van der Waals surface area contributed by atoms with Crippen molar-refractivity contribution in [3.05, 3.63) is 11.9 Å². The Morgan fingerprint density at radius 1 is 1.30 bits per heavy atom. The number of aromatic nitrogens is 3. The summed E-state index contributed by atoms with van der Waals surface area (Å²) in [6.45, 7) is 7.80. The number of hydrogen-bond acceptors (Lipinski definition) is 4. The maximum absolute atomic E-state index is 12.3. The minimum Gasteiger partial charge on any atom is -0.348 e. The van der Waals surface area contributed by atoms with Crippen LogP contribution in [0, 0.1) is 5.92 Å². The molecule has 6 nitrogen and oxygen atoms in total. The van der Waals surface area contributed by atoms with Gasteiger partial charge in [-0.2, -0.15) is 0 Å². The van der Waals surface area contributed by atoms with Crippen molar-refractivity contribution in [2.45, 2.75) is 64.5 Å². The Labute approximate surface area is 138 Å². The van der Waals surface area contributed by atoms with Gasteiger partial charge in [-0.1, -0.05) is 31.9 Å². The van der Waals surface area contributed by atoms with E-state index in [9.17, 15) is 4.79 Å². The zero-order chi connectivity index (χ0) is 16.2. The van der Waals surface area contributed by atoms with Crippen molar-refractivity contribution in [3.8, 4) is 0 Å². The SMILES string of the molecule is CC(C)CN1CCCC(n2cc(C(=O)NC3CCCC3)nn2)C1. The van der Waals surface area contributed by atoms with Gasteiger partial charge in [0, 0.05) is 19.1 Å². The largest absolute Gasteiger partial charge is 0.348 e. The predicted octanol–water partition coefficient (Wildman–Crippen LogP) is 2.24. The lowest BCUT2D eigenvalue weighted by Gasteiger charge is -2.33. The molecule has 6 heteroatoms. The number of nitrogens with zero attached hydrogens (tertiary/aromatic N) is 4. The number of piperidine rings is 1. The third kappa shape index (κ3) is 4.31. The van der Waals surface area contributed by atoms with E-state index in [1.807, 2.05) is 10.9 Å². The highest BCUT2D eigenvalue weighted by Crippen LogP contribution is 2.22. The zero-order valence-electron chi connectivity index (χ0n) is 14.4. The van der Waals surface area contributed by atoms with Gasteiger partial charge in [-0.15, -0.1) is 5.10 Å². The fourth-order valence-electron chi connectivity index (χ4n) is 3.82. The van der Waals surface area contributed by atoms with E-state index in [0.29, 0.717) is 23.7 Å². The second-order valence-corrected chi connectivity index (χ2v) is 7.49. The van der Waals surface area contributed by atoms with Crippen molar-refractivity contribution >= 4 is 5.91 Å². The second kappa shape index (κ2) is 7.43. The average Bonchev–Trinajstić information content (AvgIpc) is 3.18. The monoisotopic (exact) mass is 319 g/mol. The molecule has 1 aromatic heterocycles. The van der Waals surface area contributed by atoms with Gasteiger partial charge in [0.15, 0.2) is 5.69 Å². The molecular formula is C17H29N5O. The van der Waals surface area contributed by atoms with E-state index in [2.05, 4.69) is 34.4 Å². The third-order valence-corrected chi connectivity index (χ3v) is 4.91. The van der Waals surface area contributed by atoms with Gasteiger partial charge in [0.1, 0.15) is 0 Å². The standard InChI is InChI=1S/C17H29N5O/c1-13(2)10-21-9-5-8-15(11-21)22-12-16(19-20-22)17(23)18-14-6-3-4-7-14/h12-15H,3-11H2,1-2H3,(H,18,23). The van der Waals surface area contributed by atoms with Gasteiger partial charge in [-0.3, -0.25) is 4.79 Å². The van der Waals surface area contributed by atoms with Crippen LogP contribution in [-0.4, -0.2) is 51.5 Å². The van der Waals surface area contributed by atoms with Crippen LogP contribution in [0.4, 0.5) is 0 Å². The highest BCUT2D eigenvalue weighted by molar-refractivity contribution is 5.92. The van der Waals surface area contributed by atoms with Crippen LogP contribution in [-0.2, 0) is 0 Å². The molecular weight excluding hydrogens is 290 g/mol. The fourth-order valence-corrected chi connectivity index (χ4v) is 3.82. The maximum Gasteiger partial charge on any atom is 0.273 e. The summed E-state index contributed by atoms with van der Waals surface area (Å²) in [5.41, 5.74) is 0.456. The number of rotatable bonds is 5. The Morgan fingerprint density at radius 3 is 2.83 bits per heavy atom. The molecule has 2 aliphatic rings. The summed E-state index contributed by atoms with van der Waals surface area (Å²) in [4.78, 5) is 14.8. The van der Waals surface area contributed by atoms with Gasteiger partial charge in [-0.05, 0) is 38.1 Å². The minimum absolute atomic E-state index is 0.0713.